The smallest absolute Gasteiger partial charge is 0.280 e. The first kappa shape index (κ1) is 25.2. The first-order valence-electron chi connectivity index (χ1n) is 11.4. The molecule has 3 heterocycles. The third-order valence-electron chi connectivity index (χ3n) is 5.84. The molecule has 190 valence electrons. The molecule has 1 unspecified atom stereocenters. The summed E-state index contributed by atoms with van der Waals surface area (Å²) in [5.74, 6) is 1.05. The maximum atomic E-state index is 13.9. The molecule has 3 aromatic carbocycles. The molecule has 1 amide bonds. The van der Waals surface area contributed by atoms with Crippen LogP contribution in [0.5, 0.6) is 0 Å². The maximum absolute atomic E-state index is 13.9. The number of benzene rings is 3. The number of halogens is 2. The fourth-order valence-electron chi connectivity index (χ4n) is 4.10. The minimum absolute atomic E-state index is 0.191. The van der Waals surface area contributed by atoms with Crippen molar-refractivity contribution in [3.05, 3.63) is 104 Å². The van der Waals surface area contributed by atoms with Gasteiger partial charge in [-0.15, -0.1) is 22.0 Å². The van der Waals surface area contributed by atoms with Crippen LogP contribution < -0.4 is 10.6 Å². The molecule has 1 saturated heterocycles. The molecule has 1 atom stereocenters. The normalized spacial score (nSPS) is 15.5. The third-order valence-corrected chi connectivity index (χ3v) is 8.60. The van der Waals surface area contributed by atoms with Crippen molar-refractivity contribution in [1.29, 1.82) is 0 Å². The van der Waals surface area contributed by atoms with Gasteiger partial charge in [-0.1, -0.05) is 69.6 Å². The van der Waals surface area contributed by atoms with Crippen LogP contribution in [-0.4, -0.2) is 31.5 Å². The molecule has 12 heteroatoms. The number of hydrogen-bond donors (Lipinski definition) is 0. The molecular weight excluding hydrogens is 610 g/mol. The second-order valence-electron chi connectivity index (χ2n) is 8.29. The molecule has 0 saturated carbocycles. The van der Waals surface area contributed by atoms with Gasteiger partial charge in [0.05, 0.1) is 22.4 Å². The van der Waals surface area contributed by atoms with Gasteiger partial charge in [-0.25, -0.2) is 9.99 Å². The summed E-state index contributed by atoms with van der Waals surface area (Å²) in [6, 6.07) is 22.0. The molecule has 0 bridgehead atoms. The number of aromatic nitrogens is 4. The van der Waals surface area contributed by atoms with Gasteiger partial charge in [-0.2, -0.15) is 4.68 Å². The summed E-state index contributed by atoms with van der Waals surface area (Å²) in [5, 5.41) is 10.7. The number of fused-ring (bicyclic) bond motifs is 1. The first-order valence-corrected chi connectivity index (χ1v) is 14.6. The fourth-order valence-corrected chi connectivity index (χ4v) is 6.40. The Balaban J connectivity index is 1.41. The van der Waals surface area contributed by atoms with E-state index in [0.29, 0.717) is 32.9 Å². The van der Waals surface area contributed by atoms with E-state index in [1.165, 1.54) is 33.2 Å². The highest BCUT2D eigenvalue weighted by Crippen LogP contribution is 2.38. The molecule has 0 aliphatic carbocycles. The zero-order valence-electron chi connectivity index (χ0n) is 19.5. The van der Waals surface area contributed by atoms with Gasteiger partial charge in [0, 0.05) is 15.1 Å². The van der Waals surface area contributed by atoms with Crippen molar-refractivity contribution in [2.24, 2.45) is 0 Å². The van der Waals surface area contributed by atoms with Crippen LogP contribution in [-0.2, 0) is 10.5 Å². The number of amides is 1. The Bertz CT molecular complexity index is 1710. The first-order chi connectivity index (χ1) is 18.5. The van der Waals surface area contributed by atoms with Crippen LogP contribution in [0.15, 0.2) is 91.7 Å². The Morgan fingerprint density at radius 1 is 1.05 bits per heavy atom. The minimum atomic E-state index is -0.416. The summed E-state index contributed by atoms with van der Waals surface area (Å²) in [7, 11) is 0. The summed E-state index contributed by atoms with van der Waals surface area (Å²) < 4.78 is 7.97. The zero-order valence-corrected chi connectivity index (χ0v) is 23.4. The van der Waals surface area contributed by atoms with Gasteiger partial charge in [0.1, 0.15) is 11.2 Å². The number of carbonyl (C=O) groups is 1. The summed E-state index contributed by atoms with van der Waals surface area (Å²) in [6.07, 6.45) is 0. The van der Waals surface area contributed by atoms with Gasteiger partial charge >= 0.3 is 0 Å². The molecule has 0 spiro atoms. The molecule has 38 heavy (non-hydrogen) atoms. The Labute approximate surface area is 238 Å². The summed E-state index contributed by atoms with van der Waals surface area (Å²) >= 11 is 12.2. The van der Waals surface area contributed by atoms with Crippen molar-refractivity contribution in [2.45, 2.75) is 16.3 Å². The monoisotopic (exact) mass is 625 g/mol. The number of carbonyl (C=O) groups excluding carboxylic acids is 1. The van der Waals surface area contributed by atoms with Gasteiger partial charge in [0.15, 0.2) is 0 Å². The Morgan fingerprint density at radius 2 is 1.84 bits per heavy atom. The van der Waals surface area contributed by atoms with E-state index in [1.54, 1.807) is 24.3 Å². The second-order valence-corrected chi connectivity index (χ2v) is 11.6. The average molecular weight is 627 g/mol. The molecule has 2 aromatic heterocycles. The summed E-state index contributed by atoms with van der Waals surface area (Å²) in [6.45, 7) is 0. The van der Waals surface area contributed by atoms with Crippen molar-refractivity contribution >= 4 is 67.9 Å². The Hall–Kier alpha value is -3.12. The third kappa shape index (κ3) is 4.86. The summed E-state index contributed by atoms with van der Waals surface area (Å²) in [4.78, 5) is 31.9. The van der Waals surface area contributed by atoms with E-state index in [2.05, 4.69) is 26.1 Å². The molecule has 0 radical (unpaired) electrons. The average Bonchev–Trinajstić information content (AvgIpc) is 3.56. The van der Waals surface area contributed by atoms with Crippen LogP contribution in [0, 0.1) is 0 Å². The predicted octanol–water partition coefficient (Wildman–Crippen LogP) is 6.06. The fraction of sp³-hybridized carbons (Fsp3) is 0.115. The maximum Gasteiger partial charge on any atom is 0.280 e. The van der Waals surface area contributed by atoms with Gasteiger partial charge in [0.25, 0.3) is 16.7 Å². The molecule has 0 N–H and O–H groups in total. The van der Waals surface area contributed by atoms with E-state index in [4.69, 9.17) is 21.0 Å². The second kappa shape index (κ2) is 10.6. The SMILES string of the molecule is O=C1CSC(c2ccc(Cl)cc2)N1n1c(CSc2nnc(-c3ccccc3)o2)nc2ccc(Br)cc2c1=O. The van der Waals surface area contributed by atoms with Crippen molar-refractivity contribution in [2.75, 3.05) is 10.8 Å². The number of thioether (sulfide) groups is 2. The molecule has 5 aromatic rings. The molecule has 1 fully saturated rings. The van der Waals surface area contributed by atoms with E-state index in [0.717, 1.165) is 15.6 Å². The van der Waals surface area contributed by atoms with Crippen molar-refractivity contribution in [3.8, 4) is 11.5 Å². The minimum Gasteiger partial charge on any atom is -0.411 e. The molecule has 1 aliphatic heterocycles. The van der Waals surface area contributed by atoms with Crippen molar-refractivity contribution < 1.29 is 9.21 Å². The largest absolute Gasteiger partial charge is 0.411 e. The number of hydrogen-bond acceptors (Lipinski definition) is 8. The predicted molar refractivity (Wildman–Crippen MR) is 153 cm³/mol. The van der Waals surface area contributed by atoms with Gasteiger partial charge in [0.2, 0.25) is 5.89 Å². The van der Waals surface area contributed by atoms with Crippen molar-refractivity contribution in [3.63, 3.8) is 0 Å². The summed E-state index contributed by atoms with van der Waals surface area (Å²) in [5.41, 5.74) is 1.86. The lowest BCUT2D eigenvalue weighted by Crippen LogP contribution is -2.46. The molecule has 6 rings (SSSR count). The van der Waals surface area contributed by atoms with Gasteiger partial charge < -0.3 is 4.42 Å². The van der Waals surface area contributed by atoms with Crippen LogP contribution in [0.1, 0.15) is 16.8 Å². The zero-order chi connectivity index (χ0) is 26.2. The highest BCUT2D eigenvalue weighted by molar-refractivity contribution is 9.10. The van der Waals surface area contributed by atoms with E-state index in [1.807, 2.05) is 48.5 Å². The van der Waals surface area contributed by atoms with Gasteiger partial charge in [-0.3, -0.25) is 9.59 Å². The molecule has 1 aliphatic rings. The van der Waals surface area contributed by atoms with Crippen LogP contribution in [0.25, 0.3) is 22.4 Å². The quantitative estimate of drug-likeness (QED) is 0.210. The highest BCUT2D eigenvalue weighted by atomic mass is 79.9. The standard InChI is InChI=1S/C26H17BrClN5O3S2/c27-17-8-11-20-19(12-17)24(35)32(33-22(34)14-37-25(33)16-6-9-18(28)10-7-16)21(29-20)13-38-26-31-30-23(36-26)15-4-2-1-3-5-15/h1-12,25H,13-14H2. The number of rotatable bonds is 6. The van der Waals surface area contributed by atoms with Crippen molar-refractivity contribution in [1.82, 2.24) is 19.9 Å². The van der Waals surface area contributed by atoms with E-state index in [9.17, 15) is 9.59 Å². The van der Waals surface area contributed by atoms with Gasteiger partial charge in [-0.05, 0) is 48.0 Å². The van der Waals surface area contributed by atoms with E-state index < -0.39 is 5.37 Å². The lowest BCUT2D eigenvalue weighted by molar-refractivity contribution is -0.117. The topological polar surface area (TPSA) is 94.1 Å². The van der Waals surface area contributed by atoms with E-state index in [-0.39, 0.29) is 23.0 Å². The number of nitrogens with zero attached hydrogens (tertiary/aromatic N) is 5. The van der Waals surface area contributed by atoms with Crippen LogP contribution in [0.3, 0.4) is 0 Å². The molecule has 8 nitrogen and oxygen atoms in total. The Morgan fingerprint density at radius 3 is 2.63 bits per heavy atom. The lowest BCUT2D eigenvalue weighted by atomic mass is 10.2. The van der Waals surface area contributed by atoms with Crippen LogP contribution in [0.2, 0.25) is 5.02 Å². The highest BCUT2D eigenvalue weighted by Gasteiger charge is 2.37. The van der Waals surface area contributed by atoms with Crippen LogP contribution in [0.4, 0.5) is 0 Å². The Kier molecular flexibility index (Phi) is 7.00. The molecular formula is C26H17BrClN5O3S2. The van der Waals surface area contributed by atoms with E-state index >= 15 is 0 Å². The lowest BCUT2D eigenvalue weighted by Gasteiger charge is -2.28. The van der Waals surface area contributed by atoms with Crippen LogP contribution >= 0.6 is 51.1 Å².